The van der Waals surface area contributed by atoms with Crippen molar-refractivity contribution in [3.8, 4) is 6.07 Å². The standard InChI is InChI=1S/C17H25N3/c1-12-6-7-13(2)20(12)11-14-8-15(9-18)16(19-10-14)17(3,4)5/h8,10,12-13H,6-7,11H2,1-5H3/t12-,13-/m1/s1. The van der Waals surface area contributed by atoms with E-state index >= 15 is 0 Å². The third-order valence-corrected chi connectivity index (χ3v) is 4.27. The Morgan fingerprint density at radius 3 is 2.40 bits per heavy atom. The molecule has 1 aromatic heterocycles. The normalized spacial score (nSPS) is 23.8. The lowest BCUT2D eigenvalue weighted by atomic mass is 9.88. The van der Waals surface area contributed by atoms with E-state index in [1.165, 1.54) is 12.8 Å². The van der Waals surface area contributed by atoms with Gasteiger partial charge in [-0.2, -0.15) is 5.26 Å². The molecule has 0 amide bonds. The molecule has 0 aromatic carbocycles. The van der Waals surface area contributed by atoms with E-state index in [2.05, 4.69) is 50.6 Å². The maximum atomic E-state index is 9.37. The first-order valence-corrected chi connectivity index (χ1v) is 7.48. The zero-order chi connectivity index (χ0) is 14.9. The maximum absolute atomic E-state index is 9.37. The highest BCUT2D eigenvalue weighted by molar-refractivity contribution is 5.39. The van der Waals surface area contributed by atoms with Crippen LogP contribution in [0.1, 0.15) is 64.3 Å². The van der Waals surface area contributed by atoms with Crippen LogP contribution in [0, 0.1) is 11.3 Å². The first kappa shape index (κ1) is 15.0. The lowest BCUT2D eigenvalue weighted by molar-refractivity contribution is 0.205. The van der Waals surface area contributed by atoms with Crippen LogP contribution >= 0.6 is 0 Å². The van der Waals surface area contributed by atoms with E-state index in [1.54, 1.807) is 0 Å². The van der Waals surface area contributed by atoms with Crippen LogP contribution < -0.4 is 0 Å². The van der Waals surface area contributed by atoms with E-state index < -0.39 is 0 Å². The van der Waals surface area contributed by atoms with E-state index in [-0.39, 0.29) is 5.41 Å². The molecule has 1 aromatic rings. The van der Waals surface area contributed by atoms with Crippen molar-refractivity contribution in [1.82, 2.24) is 9.88 Å². The van der Waals surface area contributed by atoms with Crippen LogP contribution in [0.15, 0.2) is 12.3 Å². The van der Waals surface area contributed by atoms with Crippen LogP contribution in [-0.4, -0.2) is 22.0 Å². The van der Waals surface area contributed by atoms with Crippen molar-refractivity contribution in [2.45, 2.75) is 71.5 Å². The molecule has 0 radical (unpaired) electrons. The molecule has 2 atom stereocenters. The van der Waals surface area contributed by atoms with Crippen molar-refractivity contribution >= 4 is 0 Å². The van der Waals surface area contributed by atoms with Gasteiger partial charge in [-0.25, -0.2) is 0 Å². The molecular weight excluding hydrogens is 246 g/mol. The lowest BCUT2D eigenvalue weighted by Gasteiger charge is -2.26. The van der Waals surface area contributed by atoms with Crippen molar-refractivity contribution in [2.24, 2.45) is 0 Å². The van der Waals surface area contributed by atoms with Crippen molar-refractivity contribution in [2.75, 3.05) is 0 Å². The quantitative estimate of drug-likeness (QED) is 0.824. The van der Waals surface area contributed by atoms with Gasteiger partial charge in [0.05, 0.1) is 11.3 Å². The summed E-state index contributed by atoms with van der Waals surface area (Å²) in [6.07, 6.45) is 4.47. The molecule has 0 bridgehead atoms. The van der Waals surface area contributed by atoms with Gasteiger partial charge in [0.15, 0.2) is 0 Å². The molecule has 3 nitrogen and oxygen atoms in total. The van der Waals surface area contributed by atoms with E-state index in [4.69, 9.17) is 0 Å². The Bertz CT molecular complexity index is 512. The second kappa shape index (κ2) is 5.54. The zero-order valence-corrected chi connectivity index (χ0v) is 13.3. The molecule has 0 spiro atoms. The van der Waals surface area contributed by atoms with Gasteiger partial charge in [0, 0.05) is 30.2 Å². The highest BCUT2D eigenvalue weighted by Gasteiger charge is 2.27. The number of hydrogen-bond donors (Lipinski definition) is 0. The molecular formula is C17H25N3. The number of nitriles is 1. The molecule has 2 rings (SSSR count). The Kier molecular flexibility index (Phi) is 4.15. The molecule has 1 aliphatic rings. The largest absolute Gasteiger partial charge is 0.294 e. The molecule has 0 unspecified atom stereocenters. The monoisotopic (exact) mass is 271 g/mol. The number of pyridine rings is 1. The fourth-order valence-electron chi connectivity index (χ4n) is 3.05. The van der Waals surface area contributed by atoms with Crippen LogP contribution in [0.25, 0.3) is 0 Å². The third-order valence-electron chi connectivity index (χ3n) is 4.27. The van der Waals surface area contributed by atoms with Gasteiger partial charge in [-0.05, 0) is 38.3 Å². The van der Waals surface area contributed by atoms with Gasteiger partial charge in [-0.15, -0.1) is 0 Å². The summed E-state index contributed by atoms with van der Waals surface area (Å²) in [5.74, 6) is 0. The SMILES string of the molecule is C[C@@H]1CC[C@@H](C)N1Cc1cnc(C(C)(C)C)c(C#N)c1. The van der Waals surface area contributed by atoms with Gasteiger partial charge in [0.1, 0.15) is 6.07 Å². The molecule has 1 fully saturated rings. The van der Waals surface area contributed by atoms with E-state index in [0.29, 0.717) is 12.1 Å². The summed E-state index contributed by atoms with van der Waals surface area (Å²) < 4.78 is 0. The minimum Gasteiger partial charge on any atom is -0.294 e. The molecule has 2 heterocycles. The molecule has 1 aliphatic heterocycles. The predicted molar refractivity (Wildman–Crippen MR) is 81.4 cm³/mol. The van der Waals surface area contributed by atoms with Crippen LogP contribution in [-0.2, 0) is 12.0 Å². The summed E-state index contributed by atoms with van der Waals surface area (Å²) >= 11 is 0. The van der Waals surface area contributed by atoms with Gasteiger partial charge in [0.2, 0.25) is 0 Å². The zero-order valence-electron chi connectivity index (χ0n) is 13.3. The minimum absolute atomic E-state index is 0.0855. The van der Waals surface area contributed by atoms with Gasteiger partial charge in [-0.1, -0.05) is 20.8 Å². The summed E-state index contributed by atoms with van der Waals surface area (Å²) in [5, 5.41) is 9.37. The minimum atomic E-state index is -0.0855. The molecule has 1 saturated heterocycles. The molecule has 108 valence electrons. The van der Waals surface area contributed by atoms with Crippen molar-refractivity contribution in [1.29, 1.82) is 5.26 Å². The Hall–Kier alpha value is -1.40. The van der Waals surface area contributed by atoms with E-state index in [9.17, 15) is 5.26 Å². The first-order valence-electron chi connectivity index (χ1n) is 7.48. The summed E-state index contributed by atoms with van der Waals surface area (Å²) in [5.41, 5.74) is 2.67. The molecule has 0 saturated carbocycles. The highest BCUT2D eigenvalue weighted by atomic mass is 15.2. The average Bonchev–Trinajstić information content (AvgIpc) is 2.69. The molecule has 20 heavy (non-hydrogen) atoms. The number of likely N-dealkylation sites (tertiary alicyclic amines) is 1. The average molecular weight is 271 g/mol. The summed E-state index contributed by atoms with van der Waals surface area (Å²) in [4.78, 5) is 7.07. The van der Waals surface area contributed by atoms with Gasteiger partial charge >= 0.3 is 0 Å². The Morgan fingerprint density at radius 2 is 1.90 bits per heavy atom. The Labute approximate surface area is 122 Å². The second-order valence-electron chi connectivity index (χ2n) is 7.05. The Morgan fingerprint density at radius 1 is 1.30 bits per heavy atom. The van der Waals surface area contributed by atoms with Crippen LogP contribution in [0.5, 0.6) is 0 Å². The molecule has 3 heteroatoms. The fraction of sp³-hybridized carbons (Fsp3) is 0.647. The summed E-state index contributed by atoms with van der Waals surface area (Å²) in [6.45, 7) is 11.8. The van der Waals surface area contributed by atoms with Gasteiger partial charge < -0.3 is 0 Å². The van der Waals surface area contributed by atoms with Crippen molar-refractivity contribution < 1.29 is 0 Å². The third kappa shape index (κ3) is 3.02. The van der Waals surface area contributed by atoms with Crippen LogP contribution in [0.2, 0.25) is 0 Å². The number of aromatic nitrogens is 1. The van der Waals surface area contributed by atoms with Gasteiger partial charge in [-0.3, -0.25) is 9.88 Å². The van der Waals surface area contributed by atoms with Crippen LogP contribution in [0.4, 0.5) is 0 Å². The fourth-order valence-corrected chi connectivity index (χ4v) is 3.05. The summed E-state index contributed by atoms with van der Waals surface area (Å²) in [7, 11) is 0. The van der Waals surface area contributed by atoms with E-state index in [0.717, 1.165) is 23.4 Å². The highest BCUT2D eigenvalue weighted by Crippen LogP contribution is 2.27. The second-order valence-corrected chi connectivity index (χ2v) is 7.05. The van der Waals surface area contributed by atoms with Crippen LogP contribution in [0.3, 0.4) is 0 Å². The van der Waals surface area contributed by atoms with Gasteiger partial charge in [0.25, 0.3) is 0 Å². The number of hydrogen-bond acceptors (Lipinski definition) is 3. The smallest absolute Gasteiger partial charge is 0.101 e. The van der Waals surface area contributed by atoms with E-state index in [1.807, 2.05) is 12.3 Å². The lowest BCUT2D eigenvalue weighted by Crippen LogP contribution is -2.32. The predicted octanol–water partition coefficient (Wildman–Crippen LogP) is 3.62. The Balaban J connectivity index is 2.25. The summed E-state index contributed by atoms with van der Waals surface area (Å²) in [6, 6.07) is 5.57. The van der Waals surface area contributed by atoms with Crippen molar-refractivity contribution in [3.63, 3.8) is 0 Å². The molecule has 0 aliphatic carbocycles. The topological polar surface area (TPSA) is 39.9 Å². The molecule has 0 N–H and O–H groups in total. The first-order chi connectivity index (χ1) is 9.32. The van der Waals surface area contributed by atoms with Crippen molar-refractivity contribution in [3.05, 3.63) is 29.1 Å². The maximum Gasteiger partial charge on any atom is 0.101 e. The number of nitrogens with zero attached hydrogens (tertiary/aromatic N) is 3. The number of rotatable bonds is 2.